The highest BCUT2D eigenvalue weighted by atomic mass is 32.2. The van der Waals surface area contributed by atoms with E-state index < -0.39 is 0 Å². The van der Waals surface area contributed by atoms with Crippen LogP contribution in [0.4, 0.5) is 5.69 Å². The second-order valence-corrected chi connectivity index (χ2v) is 8.87. The molecule has 0 saturated carbocycles. The summed E-state index contributed by atoms with van der Waals surface area (Å²) in [4.78, 5) is 6.11. The van der Waals surface area contributed by atoms with Gasteiger partial charge in [-0.05, 0) is 29.7 Å². The van der Waals surface area contributed by atoms with Crippen LogP contribution in [0.1, 0.15) is 22.8 Å². The number of aliphatic imine (C=N–C) groups is 1. The third kappa shape index (κ3) is 3.69. The number of aromatic hydroxyl groups is 1. The van der Waals surface area contributed by atoms with Gasteiger partial charge in [0.2, 0.25) is 0 Å². The highest BCUT2D eigenvalue weighted by Crippen LogP contribution is 2.49. The first-order valence-electron chi connectivity index (χ1n) is 10.4. The lowest BCUT2D eigenvalue weighted by molar-refractivity contribution is 0.391. The van der Waals surface area contributed by atoms with E-state index in [1.54, 1.807) is 26.0 Å². The van der Waals surface area contributed by atoms with E-state index in [1.165, 1.54) is 0 Å². The van der Waals surface area contributed by atoms with Crippen LogP contribution in [-0.4, -0.2) is 25.0 Å². The van der Waals surface area contributed by atoms with Crippen LogP contribution in [0.15, 0.2) is 88.8 Å². The Morgan fingerprint density at radius 3 is 2.56 bits per heavy atom. The molecule has 1 aliphatic heterocycles. The fourth-order valence-corrected chi connectivity index (χ4v) is 5.39. The number of thioether (sulfide) groups is 1. The molecule has 0 fully saturated rings. The summed E-state index contributed by atoms with van der Waals surface area (Å²) in [5.41, 5.74) is 3.60. The van der Waals surface area contributed by atoms with Crippen LogP contribution >= 0.6 is 11.8 Å². The fraction of sp³-hybridized carbons (Fsp3) is 0.148. The first kappa shape index (κ1) is 20.5. The Hall–Kier alpha value is -3.44. The molecule has 160 valence electrons. The van der Waals surface area contributed by atoms with Crippen molar-refractivity contribution in [3.8, 4) is 17.2 Å². The Balaban J connectivity index is 1.65. The number of ether oxygens (including phenoxy) is 2. The van der Waals surface area contributed by atoms with E-state index in [0.29, 0.717) is 6.42 Å². The molecule has 1 aliphatic rings. The molecule has 4 aromatic carbocycles. The van der Waals surface area contributed by atoms with Gasteiger partial charge in [0.05, 0.1) is 25.6 Å². The Morgan fingerprint density at radius 1 is 0.906 bits per heavy atom. The number of rotatable bonds is 4. The number of nitrogens with zero attached hydrogens (tertiary/aromatic N) is 1. The fourth-order valence-electron chi connectivity index (χ4n) is 4.13. The van der Waals surface area contributed by atoms with Crippen LogP contribution in [0, 0.1) is 0 Å². The Morgan fingerprint density at radius 2 is 1.72 bits per heavy atom. The molecule has 0 spiro atoms. The normalized spacial score (nSPS) is 15.6. The molecule has 1 heterocycles. The Bertz CT molecular complexity index is 1330. The van der Waals surface area contributed by atoms with Crippen LogP contribution in [0.2, 0.25) is 0 Å². The molecule has 0 saturated heterocycles. The van der Waals surface area contributed by atoms with Crippen LogP contribution < -0.4 is 9.47 Å². The van der Waals surface area contributed by atoms with Gasteiger partial charge in [-0.3, -0.25) is 4.99 Å². The van der Waals surface area contributed by atoms with Crippen LogP contribution in [0.25, 0.3) is 10.8 Å². The van der Waals surface area contributed by atoms with E-state index >= 15 is 0 Å². The van der Waals surface area contributed by atoms with Gasteiger partial charge in [-0.25, -0.2) is 0 Å². The van der Waals surface area contributed by atoms with Crippen LogP contribution in [0.5, 0.6) is 17.2 Å². The summed E-state index contributed by atoms with van der Waals surface area (Å²) in [6, 6.07) is 25.9. The standard InChI is InChI=1S/C27H23NO3S/c1-30-18-12-14-21(24(15-18)31-2)26-16-23(28-22-9-5-6-10-25(22)32-26)20-13-11-17-7-3-4-8-19(17)27(20)29/h3-15,26,29H,16H2,1-2H3. The molecule has 1 N–H and O–H groups in total. The maximum absolute atomic E-state index is 11.1. The summed E-state index contributed by atoms with van der Waals surface area (Å²) >= 11 is 1.76. The van der Waals surface area contributed by atoms with Crippen molar-refractivity contribution in [1.29, 1.82) is 0 Å². The predicted molar refractivity (Wildman–Crippen MR) is 131 cm³/mol. The third-order valence-electron chi connectivity index (χ3n) is 5.77. The van der Waals surface area contributed by atoms with Gasteiger partial charge in [0, 0.05) is 39.1 Å². The molecule has 5 heteroatoms. The van der Waals surface area contributed by atoms with Gasteiger partial charge in [-0.15, -0.1) is 11.8 Å². The lowest BCUT2D eigenvalue weighted by atomic mass is 9.97. The van der Waals surface area contributed by atoms with Gasteiger partial charge >= 0.3 is 0 Å². The number of phenols is 1. The smallest absolute Gasteiger partial charge is 0.132 e. The first-order chi connectivity index (χ1) is 15.7. The van der Waals surface area contributed by atoms with Crippen molar-refractivity contribution < 1.29 is 14.6 Å². The van der Waals surface area contributed by atoms with Gasteiger partial charge < -0.3 is 14.6 Å². The largest absolute Gasteiger partial charge is 0.507 e. The third-order valence-corrected chi connectivity index (χ3v) is 7.07. The molecule has 0 aromatic heterocycles. The lowest BCUT2D eigenvalue weighted by Crippen LogP contribution is -2.07. The van der Waals surface area contributed by atoms with Gasteiger partial charge in [0.25, 0.3) is 0 Å². The van der Waals surface area contributed by atoms with Gasteiger partial charge in [0.15, 0.2) is 0 Å². The molecule has 32 heavy (non-hydrogen) atoms. The maximum Gasteiger partial charge on any atom is 0.132 e. The summed E-state index contributed by atoms with van der Waals surface area (Å²) in [7, 11) is 3.33. The zero-order chi connectivity index (χ0) is 22.1. The average Bonchev–Trinajstić information content (AvgIpc) is 3.03. The minimum atomic E-state index is 0.0594. The number of benzene rings is 4. The number of hydrogen-bond acceptors (Lipinski definition) is 5. The summed E-state index contributed by atoms with van der Waals surface area (Å²) in [5, 5.41) is 13.0. The summed E-state index contributed by atoms with van der Waals surface area (Å²) in [6.45, 7) is 0. The molecule has 4 nitrogen and oxygen atoms in total. The molecule has 0 aliphatic carbocycles. The minimum absolute atomic E-state index is 0.0594. The van der Waals surface area contributed by atoms with Crippen LogP contribution in [0.3, 0.4) is 0 Å². The highest BCUT2D eigenvalue weighted by molar-refractivity contribution is 7.99. The quantitative estimate of drug-likeness (QED) is 0.373. The first-order valence-corrected chi connectivity index (χ1v) is 11.3. The summed E-state index contributed by atoms with van der Waals surface area (Å²) in [6.07, 6.45) is 0.647. The molecule has 1 unspecified atom stereocenters. The zero-order valence-corrected chi connectivity index (χ0v) is 18.7. The van der Waals surface area contributed by atoms with E-state index in [-0.39, 0.29) is 11.0 Å². The van der Waals surface area contributed by atoms with E-state index in [2.05, 4.69) is 12.1 Å². The SMILES string of the molecule is COc1ccc(C2CC(c3ccc4ccccc4c3O)=Nc3ccccc3S2)c(OC)c1. The monoisotopic (exact) mass is 441 g/mol. The van der Waals surface area contributed by atoms with Crippen molar-refractivity contribution in [2.75, 3.05) is 14.2 Å². The summed E-state index contributed by atoms with van der Waals surface area (Å²) < 4.78 is 11.1. The molecule has 0 amide bonds. The minimum Gasteiger partial charge on any atom is -0.507 e. The van der Waals surface area contributed by atoms with Crippen molar-refractivity contribution in [3.63, 3.8) is 0 Å². The zero-order valence-electron chi connectivity index (χ0n) is 17.9. The maximum atomic E-state index is 11.1. The topological polar surface area (TPSA) is 51.0 Å². The van der Waals surface area contributed by atoms with Crippen molar-refractivity contribution in [3.05, 3.63) is 90.0 Å². The van der Waals surface area contributed by atoms with E-state index in [1.807, 2.05) is 66.7 Å². The Kier molecular flexibility index (Phi) is 5.50. The van der Waals surface area contributed by atoms with Crippen LogP contribution in [-0.2, 0) is 0 Å². The Labute approximate surface area is 191 Å². The number of methoxy groups -OCH3 is 2. The second kappa shape index (κ2) is 8.60. The average molecular weight is 442 g/mol. The van der Waals surface area contributed by atoms with E-state index in [9.17, 15) is 5.11 Å². The molecule has 1 atom stereocenters. The lowest BCUT2D eigenvalue weighted by Gasteiger charge is -2.20. The molecule has 5 rings (SSSR count). The number of fused-ring (bicyclic) bond motifs is 2. The molecular weight excluding hydrogens is 418 g/mol. The van der Waals surface area contributed by atoms with Crippen molar-refractivity contribution >= 4 is 33.9 Å². The van der Waals surface area contributed by atoms with Gasteiger partial charge in [-0.2, -0.15) is 0 Å². The van der Waals surface area contributed by atoms with Crippen molar-refractivity contribution in [1.82, 2.24) is 0 Å². The summed E-state index contributed by atoms with van der Waals surface area (Å²) in [5.74, 6) is 1.81. The number of hydrogen-bond donors (Lipinski definition) is 1. The van der Waals surface area contributed by atoms with Gasteiger partial charge in [0.1, 0.15) is 17.2 Å². The highest BCUT2D eigenvalue weighted by Gasteiger charge is 2.26. The van der Waals surface area contributed by atoms with Gasteiger partial charge in [-0.1, -0.05) is 48.5 Å². The molecule has 4 aromatic rings. The number of phenolic OH excluding ortho intramolecular Hbond substituents is 1. The van der Waals surface area contributed by atoms with Crippen molar-refractivity contribution in [2.24, 2.45) is 4.99 Å². The van der Waals surface area contributed by atoms with E-state index in [4.69, 9.17) is 14.5 Å². The van der Waals surface area contributed by atoms with Crippen molar-refractivity contribution in [2.45, 2.75) is 16.6 Å². The van der Waals surface area contributed by atoms with E-state index in [0.717, 1.165) is 49.7 Å². The molecular formula is C27H23NO3S. The molecule has 0 bridgehead atoms. The second-order valence-electron chi connectivity index (χ2n) is 7.63. The molecule has 0 radical (unpaired) electrons. The predicted octanol–water partition coefficient (Wildman–Crippen LogP) is 6.92. The number of para-hydroxylation sites is 1.